The molecule has 0 unspecified atom stereocenters. The largest absolute Gasteiger partial charge is 0.494 e. The lowest BCUT2D eigenvalue weighted by Gasteiger charge is -2.37. The van der Waals surface area contributed by atoms with Crippen LogP contribution in [0.5, 0.6) is 5.75 Å². The summed E-state index contributed by atoms with van der Waals surface area (Å²) in [4.78, 5) is 16.1. The number of carbonyl (C=O) groups is 1. The summed E-state index contributed by atoms with van der Waals surface area (Å²) in [7, 11) is 3.28. The van der Waals surface area contributed by atoms with Gasteiger partial charge in [0, 0.05) is 38.9 Å². The van der Waals surface area contributed by atoms with Crippen LogP contribution in [-0.4, -0.2) is 57.8 Å². The van der Waals surface area contributed by atoms with Gasteiger partial charge in [-0.25, -0.2) is 0 Å². The highest BCUT2D eigenvalue weighted by atomic mass is 16.5. The van der Waals surface area contributed by atoms with Crippen LogP contribution in [0.15, 0.2) is 18.2 Å². The first-order chi connectivity index (χ1) is 10.9. The normalized spacial score (nSPS) is 15.7. The highest BCUT2D eigenvalue weighted by Gasteiger charge is 2.26. The predicted octanol–water partition coefficient (Wildman–Crippen LogP) is 2.29. The summed E-state index contributed by atoms with van der Waals surface area (Å²) in [5.41, 5.74) is 2.34. The average Bonchev–Trinajstić information content (AvgIpc) is 2.53. The summed E-state index contributed by atoms with van der Waals surface area (Å²) in [6, 6.07) is 6.31. The van der Waals surface area contributed by atoms with E-state index in [1.165, 1.54) is 5.56 Å². The Morgan fingerprint density at radius 3 is 2.30 bits per heavy atom. The van der Waals surface area contributed by atoms with Crippen molar-refractivity contribution in [3.63, 3.8) is 0 Å². The molecule has 1 fully saturated rings. The van der Waals surface area contributed by atoms with Crippen LogP contribution in [0.4, 0.5) is 5.69 Å². The van der Waals surface area contributed by atoms with Gasteiger partial charge in [-0.2, -0.15) is 0 Å². The number of hydrogen-bond donors (Lipinski definition) is 0. The van der Waals surface area contributed by atoms with Gasteiger partial charge in [0.25, 0.3) is 0 Å². The van der Waals surface area contributed by atoms with Crippen molar-refractivity contribution in [1.82, 2.24) is 4.90 Å². The molecule has 1 aromatic rings. The number of methoxy groups -OCH3 is 2. The van der Waals surface area contributed by atoms with Crippen LogP contribution >= 0.6 is 0 Å². The molecule has 0 saturated carbocycles. The molecule has 128 valence electrons. The number of piperazine rings is 1. The Morgan fingerprint density at radius 2 is 1.78 bits per heavy atom. The monoisotopic (exact) mass is 320 g/mol. The first-order valence-corrected chi connectivity index (χ1v) is 8.07. The molecule has 0 aliphatic carbocycles. The maximum atomic E-state index is 11.9. The van der Waals surface area contributed by atoms with Gasteiger partial charge in [0.15, 0.2) is 0 Å². The van der Waals surface area contributed by atoms with Crippen molar-refractivity contribution in [2.75, 3.05) is 51.9 Å². The molecule has 1 heterocycles. The molecule has 1 aromatic carbocycles. The van der Waals surface area contributed by atoms with Gasteiger partial charge in [-0.1, -0.05) is 32.9 Å². The van der Waals surface area contributed by atoms with Crippen molar-refractivity contribution in [2.45, 2.75) is 26.2 Å². The van der Waals surface area contributed by atoms with Gasteiger partial charge in [-0.3, -0.25) is 4.79 Å². The van der Waals surface area contributed by atoms with Gasteiger partial charge in [-0.15, -0.1) is 0 Å². The maximum absolute atomic E-state index is 11.9. The molecule has 0 spiro atoms. The lowest BCUT2D eigenvalue weighted by molar-refractivity contribution is -0.135. The fourth-order valence-corrected chi connectivity index (χ4v) is 2.99. The molecule has 0 radical (unpaired) electrons. The predicted molar refractivity (Wildman–Crippen MR) is 92.4 cm³/mol. The molecular weight excluding hydrogens is 292 g/mol. The first-order valence-electron chi connectivity index (χ1n) is 8.07. The van der Waals surface area contributed by atoms with Crippen LogP contribution in [0.2, 0.25) is 0 Å². The van der Waals surface area contributed by atoms with E-state index in [1.54, 1.807) is 14.2 Å². The van der Waals surface area contributed by atoms with E-state index in [-0.39, 0.29) is 17.9 Å². The van der Waals surface area contributed by atoms with Gasteiger partial charge in [0.1, 0.15) is 12.4 Å². The van der Waals surface area contributed by atoms with Crippen molar-refractivity contribution in [3.8, 4) is 5.75 Å². The molecule has 0 atom stereocenters. The van der Waals surface area contributed by atoms with E-state index in [4.69, 9.17) is 9.47 Å². The number of benzene rings is 1. The molecular formula is C18H28N2O3. The van der Waals surface area contributed by atoms with Crippen LogP contribution in [0.3, 0.4) is 0 Å². The second-order valence-corrected chi connectivity index (χ2v) is 6.91. The lowest BCUT2D eigenvalue weighted by Crippen LogP contribution is -2.49. The van der Waals surface area contributed by atoms with Gasteiger partial charge < -0.3 is 19.3 Å². The summed E-state index contributed by atoms with van der Waals surface area (Å²) in [6.07, 6.45) is 0. The number of anilines is 1. The minimum atomic E-state index is 0.0254. The Bertz CT molecular complexity index is 544. The highest BCUT2D eigenvalue weighted by Crippen LogP contribution is 2.38. The molecule has 0 N–H and O–H groups in total. The second kappa shape index (κ2) is 7.21. The average molecular weight is 320 g/mol. The Morgan fingerprint density at radius 1 is 1.13 bits per heavy atom. The summed E-state index contributed by atoms with van der Waals surface area (Å²) in [5, 5.41) is 0. The number of carbonyl (C=O) groups excluding carboxylic acids is 1. The van der Waals surface area contributed by atoms with Crippen molar-refractivity contribution in [2.24, 2.45) is 0 Å². The number of ether oxygens (including phenoxy) is 2. The second-order valence-electron chi connectivity index (χ2n) is 6.91. The molecule has 5 heteroatoms. The third kappa shape index (κ3) is 3.96. The summed E-state index contributed by atoms with van der Waals surface area (Å²) < 4.78 is 10.7. The number of nitrogens with zero attached hydrogens (tertiary/aromatic N) is 2. The Balaban J connectivity index is 2.17. The topological polar surface area (TPSA) is 42.0 Å². The van der Waals surface area contributed by atoms with Crippen molar-refractivity contribution in [1.29, 1.82) is 0 Å². The summed E-state index contributed by atoms with van der Waals surface area (Å²) >= 11 is 0. The van der Waals surface area contributed by atoms with Gasteiger partial charge in [0.2, 0.25) is 5.91 Å². The molecule has 1 aliphatic rings. The Kier molecular flexibility index (Phi) is 5.52. The maximum Gasteiger partial charge on any atom is 0.248 e. The number of rotatable bonds is 4. The molecule has 5 nitrogen and oxygen atoms in total. The Hall–Kier alpha value is -1.75. The van der Waals surface area contributed by atoms with Gasteiger partial charge >= 0.3 is 0 Å². The van der Waals surface area contributed by atoms with E-state index in [2.05, 4.69) is 43.9 Å². The summed E-state index contributed by atoms with van der Waals surface area (Å²) in [6.45, 7) is 9.76. The third-order valence-corrected chi connectivity index (χ3v) is 4.25. The quantitative estimate of drug-likeness (QED) is 0.853. The van der Waals surface area contributed by atoms with Crippen molar-refractivity contribution < 1.29 is 14.3 Å². The van der Waals surface area contributed by atoms with Crippen LogP contribution in [0, 0.1) is 0 Å². The lowest BCUT2D eigenvalue weighted by atomic mass is 9.86. The molecule has 0 bridgehead atoms. The smallest absolute Gasteiger partial charge is 0.248 e. The van der Waals surface area contributed by atoms with E-state index in [9.17, 15) is 4.79 Å². The van der Waals surface area contributed by atoms with E-state index in [0.29, 0.717) is 13.1 Å². The fourth-order valence-electron chi connectivity index (χ4n) is 2.99. The zero-order valence-corrected chi connectivity index (χ0v) is 14.9. The van der Waals surface area contributed by atoms with Crippen LogP contribution in [0.25, 0.3) is 0 Å². The minimum Gasteiger partial charge on any atom is -0.494 e. The SMILES string of the molecule is COCC(=O)N1CCN(c2cccc(C(C)(C)C)c2OC)CC1. The van der Waals surface area contributed by atoms with E-state index >= 15 is 0 Å². The number of amides is 1. The zero-order valence-electron chi connectivity index (χ0n) is 14.9. The standard InChI is InChI=1S/C18H28N2O3/c1-18(2,3)14-7-6-8-15(17(14)23-5)19-9-11-20(12-10-19)16(21)13-22-4/h6-8H,9-13H2,1-5H3. The Labute approximate surface area is 139 Å². The van der Waals surface area contributed by atoms with E-state index < -0.39 is 0 Å². The van der Waals surface area contributed by atoms with E-state index in [1.807, 2.05) is 4.90 Å². The molecule has 23 heavy (non-hydrogen) atoms. The van der Waals surface area contributed by atoms with Gasteiger partial charge in [0.05, 0.1) is 12.8 Å². The van der Waals surface area contributed by atoms with Crippen LogP contribution in [0.1, 0.15) is 26.3 Å². The summed E-state index contributed by atoms with van der Waals surface area (Å²) in [5.74, 6) is 0.999. The molecule has 1 amide bonds. The minimum absolute atomic E-state index is 0.0254. The molecule has 1 saturated heterocycles. The van der Waals surface area contributed by atoms with Crippen LogP contribution in [-0.2, 0) is 14.9 Å². The van der Waals surface area contributed by atoms with Crippen molar-refractivity contribution >= 4 is 11.6 Å². The van der Waals surface area contributed by atoms with Gasteiger partial charge in [-0.05, 0) is 11.5 Å². The fraction of sp³-hybridized carbons (Fsp3) is 0.611. The van der Waals surface area contributed by atoms with Crippen LogP contribution < -0.4 is 9.64 Å². The first kappa shape index (κ1) is 17.6. The zero-order chi connectivity index (χ0) is 17.0. The third-order valence-electron chi connectivity index (χ3n) is 4.25. The number of para-hydroxylation sites is 1. The molecule has 1 aliphatic heterocycles. The highest BCUT2D eigenvalue weighted by molar-refractivity contribution is 5.78. The van der Waals surface area contributed by atoms with E-state index in [0.717, 1.165) is 24.5 Å². The molecule has 0 aromatic heterocycles. The molecule has 2 rings (SSSR count). The number of hydrogen-bond acceptors (Lipinski definition) is 4. The van der Waals surface area contributed by atoms with Crippen molar-refractivity contribution in [3.05, 3.63) is 23.8 Å².